The summed E-state index contributed by atoms with van der Waals surface area (Å²) in [6, 6.07) is 8.19. The Balaban J connectivity index is 2.04. The van der Waals surface area contributed by atoms with Gasteiger partial charge < -0.3 is 19.7 Å². The van der Waals surface area contributed by atoms with Crippen molar-refractivity contribution in [3.63, 3.8) is 0 Å². The van der Waals surface area contributed by atoms with Gasteiger partial charge in [0.15, 0.2) is 12.2 Å². The number of rotatable bonds is 5. The van der Waals surface area contributed by atoms with Crippen LogP contribution in [0.25, 0.3) is 22.2 Å². The molecule has 0 radical (unpaired) electrons. The predicted molar refractivity (Wildman–Crippen MR) is 96.9 cm³/mol. The number of nitrogens with zero attached hydrogens (tertiary/aromatic N) is 1. The number of nitrogens with one attached hydrogen (secondary N) is 1. The van der Waals surface area contributed by atoms with E-state index < -0.39 is 12.6 Å². The lowest BCUT2D eigenvalue weighted by Crippen LogP contribution is -2.09. The lowest BCUT2D eigenvalue weighted by atomic mass is 10.1. The quantitative estimate of drug-likeness (QED) is 0.671. The van der Waals surface area contributed by atoms with Gasteiger partial charge in [0.1, 0.15) is 16.5 Å². The third-order valence-corrected chi connectivity index (χ3v) is 4.31. The average Bonchev–Trinajstić information content (AvgIpc) is 2.98. The number of benzene rings is 2. The number of fused-ring (bicyclic) bond motifs is 1. The van der Waals surface area contributed by atoms with Crippen LogP contribution in [0.1, 0.15) is 6.92 Å². The first-order valence-electron chi connectivity index (χ1n) is 7.37. The van der Waals surface area contributed by atoms with Gasteiger partial charge in [0.05, 0.1) is 10.4 Å². The summed E-state index contributed by atoms with van der Waals surface area (Å²) < 4.78 is 10.4. The minimum atomic E-state index is -1.13. The van der Waals surface area contributed by atoms with Gasteiger partial charge in [0.2, 0.25) is 5.91 Å². The van der Waals surface area contributed by atoms with E-state index in [4.69, 9.17) is 37.6 Å². The first-order valence-corrected chi connectivity index (χ1v) is 8.12. The van der Waals surface area contributed by atoms with Crippen molar-refractivity contribution in [1.82, 2.24) is 5.16 Å². The first-order chi connectivity index (χ1) is 12.4. The monoisotopic (exact) mass is 394 g/mol. The summed E-state index contributed by atoms with van der Waals surface area (Å²) in [7, 11) is 0. The highest BCUT2D eigenvalue weighted by molar-refractivity contribution is 6.44. The van der Waals surface area contributed by atoms with Crippen molar-refractivity contribution < 1.29 is 24.0 Å². The van der Waals surface area contributed by atoms with E-state index in [-0.39, 0.29) is 21.7 Å². The topological polar surface area (TPSA) is 102 Å². The SMILES string of the molecule is CC(=O)Nc1ccc2onc(-c3ccc(OCC(=O)O)c(Cl)c3Cl)c2c1. The molecule has 3 rings (SSSR count). The molecule has 2 N–H and O–H groups in total. The summed E-state index contributed by atoms with van der Waals surface area (Å²) in [5.41, 5.74) is 2.01. The summed E-state index contributed by atoms with van der Waals surface area (Å²) in [6.07, 6.45) is 0. The minimum absolute atomic E-state index is 0.0691. The minimum Gasteiger partial charge on any atom is -0.480 e. The first kappa shape index (κ1) is 18.0. The Morgan fingerprint density at radius 1 is 1.23 bits per heavy atom. The molecule has 0 aliphatic rings. The number of anilines is 1. The number of amides is 1. The maximum Gasteiger partial charge on any atom is 0.341 e. The molecule has 0 saturated heterocycles. The third kappa shape index (κ3) is 3.58. The molecule has 9 heteroatoms. The van der Waals surface area contributed by atoms with Gasteiger partial charge >= 0.3 is 5.97 Å². The summed E-state index contributed by atoms with van der Waals surface area (Å²) in [5.74, 6) is -1.19. The maximum atomic E-state index is 11.2. The highest BCUT2D eigenvalue weighted by atomic mass is 35.5. The third-order valence-electron chi connectivity index (χ3n) is 3.44. The number of carbonyl (C=O) groups is 2. The zero-order chi connectivity index (χ0) is 18.8. The second kappa shape index (κ2) is 7.23. The Bertz CT molecular complexity index is 1020. The molecule has 0 fully saturated rings. The average molecular weight is 395 g/mol. The molecule has 134 valence electrons. The Morgan fingerprint density at radius 3 is 2.69 bits per heavy atom. The summed E-state index contributed by atoms with van der Waals surface area (Å²) in [6.45, 7) is 0.869. The summed E-state index contributed by atoms with van der Waals surface area (Å²) >= 11 is 12.5. The molecule has 1 amide bonds. The van der Waals surface area contributed by atoms with Crippen molar-refractivity contribution in [3.05, 3.63) is 40.4 Å². The molecule has 7 nitrogen and oxygen atoms in total. The summed E-state index contributed by atoms with van der Waals surface area (Å²) in [5, 5.41) is 16.3. The van der Waals surface area contributed by atoms with Crippen molar-refractivity contribution in [2.24, 2.45) is 0 Å². The number of aromatic nitrogens is 1. The predicted octanol–water partition coefficient (Wildman–Crippen LogP) is 4.22. The normalized spacial score (nSPS) is 10.7. The van der Waals surface area contributed by atoms with Crippen LogP contribution in [0.2, 0.25) is 10.0 Å². The van der Waals surface area contributed by atoms with Crippen molar-refractivity contribution in [2.45, 2.75) is 6.92 Å². The number of hydrogen-bond donors (Lipinski definition) is 2. The number of aliphatic carboxylic acids is 1. The van der Waals surface area contributed by atoms with Gasteiger partial charge in [0, 0.05) is 18.2 Å². The van der Waals surface area contributed by atoms with Gasteiger partial charge in [-0.05, 0) is 30.3 Å². The second-order valence-electron chi connectivity index (χ2n) is 5.34. The molecule has 2 aromatic carbocycles. The van der Waals surface area contributed by atoms with E-state index >= 15 is 0 Å². The van der Waals surface area contributed by atoms with Gasteiger partial charge in [-0.25, -0.2) is 4.79 Å². The van der Waals surface area contributed by atoms with Crippen LogP contribution in [0.5, 0.6) is 5.75 Å². The maximum absolute atomic E-state index is 11.2. The molecule has 0 unspecified atom stereocenters. The van der Waals surface area contributed by atoms with E-state index in [1.54, 1.807) is 24.3 Å². The Kier molecular flexibility index (Phi) is 5.01. The van der Waals surface area contributed by atoms with E-state index in [2.05, 4.69) is 10.5 Å². The fourth-order valence-electron chi connectivity index (χ4n) is 2.38. The van der Waals surface area contributed by atoms with Crippen LogP contribution in [0.3, 0.4) is 0 Å². The molecular formula is C17H12Cl2N2O5. The number of ether oxygens (including phenoxy) is 1. The van der Waals surface area contributed by atoms with Gasteiger partial charge in [-0.15, -0.1) is 0 Å². The Morgan fingerprint density at radius 2 is 2.00 bits per heavy atom. The molecule has 0 aliphatic heterocycles. The van der Waals surface area contributed by atoms with E-state index in [0.717, 1.165) is 0 Å². The zero-order valence-electron chi connectivity index (χ0n) is 13.4. The second-order valence-corrected chi connectivity index (χ2v) is 6.10. The van der Waals surface area contributed by atoms with E-state index in [1.807, 2.05) is 0 Å². The van der Waals surface area contributed by atoms with Crippen molar-refractivity contribution in [2.75, 3.05) is 11.9 Å². The molecule has 0 saturated carbocycles. The molecule has 1 heterocycles. The van der Waals surface area contributed by atoms with E-state index in [9.17, 15) is 9.59 Å². The van der Waals surface area contributed by atoms with E-state index in [0.29, 0.717) is 27.9 Å². The highest BCUT2D eigenvalue weighted by Gasteiger charge is 2.18. The Labute approximate surface area is 157 Å². The molecular weight excluding hydrogens is 383 g/mol. The van der Waals surface area contributed by atoms with Crippen LogP contribution < -0.4 is 10.1 Å². The van der Waals surface area contributed by atoms with Gasteiger partial charge in [0.25, 0.3) is 0 Å². The van der Waals surface area contributed by atoms with Gasteiger partial charge in [-0.2, -0.15) is 0 Å². The molecule has 0 aliphatic carbocycles. The van der Waals surface area contributed by atoms with Crippen LogP contribution >= 0.6 is 23.2 Å². The standard InChI is InChI=1S/C17H12Cl2N2O5/c1-8(22)20-9-2-4-12-11(6-9)17(21-26-12)10-3-5-13(16(19)15(10)18)25-7-14(23)24/h2-6H,7H2,1H3,(H,20,22)(H,23,24). The largest absolute Gasteiger partial charge is 0.480 e. The van der Waals surface area contributed by atoms with Crippen LogP contribution in [0.15, 0.2) is 34.9 Å². The van der Waals surface area contributed by atoms with Crippen LogP contribution in [-0.4, -0.2) is 28.7 Å². The Hall–Kier alpha value is -2.77. The highest BCUT2D eigenvalue weighted by Crippen LogP contribution is 2.41. The molecule has 26 heavy (non-hydrogen) atoms. The van der Waals surface area contributed by atoms with Gasteiger partial charge in [-0.3, -0.25) is 4.79 Å². The van der Waals surface area contributed by atoms with Gasteiger partial charge in [-0.1, -0.05) is 28.4 Å². The lowest BCUT2D eigenvalue weighted by Gasteiger charge is -2.09. The number of hydrogen-bond acceptors (Lipinski definition) is 5. The number of halogens is 2. The summed E-state index contributed by atoms with van der Waals surface area (Å²) in [4.78, 5) is 21.9. The smallest absolute Gasteiger partial charge is 0.341 e. The number of carbonyl (C=O) groups excluding carboxylic acids is 1. The fourth-order valence-corrected chi connectivity index (χ4v) is 2.84. The van der Waals surface area contributed by atoms with E-state index in [1.165, 1.54) is 13.0 Å². The van der Waals surface area contributed by atoms with Crippen LogP contribution in [-0.2, 0) is 9.59 Å². The number of carboxylic acid groups (broad SMARTS) is 1. The lowest BCUT2D eigenvalue weighted by molar-refractivity contribution is -0.139. The zero-order valence-corrected chi connectivity index (χ0v) is 14.9. The molecule has 1 aromatic heterocycles. The molecule has 3 aromatic rings. The molecule has 0 bridgehead atoms. The van der Waals surface area contributed by atoms with Crippen molar-refractivity contribution in [3.8, 4) is 17.0 Å². The number of carboxylic acids is 1. The van der Waals surface area contributed by atoms with Crippen molar-refractivity contribution in [1.29, 1.82) is 0 Å². The fraction of sp³-hybridized carbons (Fsp3) is 0.118. The molecule has 0 atom stereocenters. The van der Waals surface area contributed by atoms with Crippen molar-refractivity contribution >= 4 is 51.7 Å². The van der Waals surface area contributed by atoms with Crippen LogP contribution in [0.4, 0.5) is 5.69 Å². The van der Waals surface area contributed by atoms with Crippen LogP contribution in [0, 0.1) is 0 Å². The molecule has 0 spiro atoms.